The summed E-state index contributed by atoms with van der Waals surface area (Å²) in [6, 6.07) is 20.7. The molecule has 0 radical (unpaired) electrons. The molecule has 0 saturated carbocycles. The molecule has 1 aliphatic carbocycles. The Morgan fingerprint density at radius 3 is 2.49 bits per heavy atom. The summed E-state index contributed by atoms with van der Waals surface area (Å²) < 4.78 is 56.9. The van der Waals surface area contributed by atoms with Crippen molar-refractivity contribution in [3.8, 4) is 11.6 Å². The van der Waals surface area contributed by atoms with Gasteiger partial charge in [0, 0.05) is 102 Å². The Hall–Kier alpha value is -5.70. The average molecular weight is 1080 g/mol. The molecule has 5 aliphatic rings. The van der Waals surface area contributed by atoms with Crippen LogP contribution < -0.4 is 29.3 Å². The van der Waals surface area contributed by atoms with Gasteiger partial charge in [0.05, 0.1) is 33.7 Å². The predicted octanol–water partition coefficient (Wildman–Crippen LogP) is 10.3. The lowest BCUT2D eigenvalue weighted by molar-refractivity contribution is -0.384. The second-order valence-electron chi connectivity index (χ2n) is 22.6. The fourth-order valence-corrected chi connectivity index (χ4v) is 12.9. The fraction of sp³-hybridized carbons (Fsp3) is 0.491. The van der Waals surface area contributed by atoms with Crippen LogP contribution in [0.2, 0.25) is 30.7 Å². The zero-order valence-electron chi connectivity index (χ0n) is 43.7. The van der Waals surface area contributed by atoms with Crippen molar-refractivity contribution >= 4 is 80.6 Å². The van der Waals surface area contributed by atoms with Gasteiger partial charge in [0.25, 0.3) is 21.6 Å². The molecule has 5 aromatic rings. The van der Waals surface area contributed by atoms with Crippen molar-refractivity contribution in [3.05, 3.63) is 105 Å². The fourth-order valence-electron chi connectivity index (χ4n) is 11.0. The second kappa shape index (κ2) is 21.7. The molecular formula is C55H69ClN8O9SSi. The minimum absolute atomic E-state index is 0.0267. The van der Waals surface area contributed by atoms with Gasteiger partial charge in [0.2, 0.25) is 5.88 Å². The standard InChI is InChI=1S/C55H69ClN8O9SSi/c1-55(2)17-13-40(45(33-55)37-7-9-41(56)10-8-37)34-60-20-22-61(23-21-60)42-11-12-44(47(30-42)63-18-6-24-72-54-49(63)29-39-14-19-62(52(39)58-54)36-71-27-28-75(3,4)5)53(65)59-74(68,69)43-31-48(64(66)67)51-50(32-43)73-35-46(57-51)38-15-25-70-26-16-38/h7-12,14,19,29-32,38,46,57H,6,13,15-18,20-28,33-36H2,1-5H3,(H,59,65)/t46-/m1/s1. The Labute approximate surface area is 445 Å². The van der Waals surface area contributed by atoms with Crippen LogP contribution in [-0.4, -0.2) is 120 Å². The molecule has 10 rings (SSSR count). The Bertz CT molecular complexity index is 3090. The number of sulfonamides is 1. The van der Waals surface area contributed by atoms with Gasteiger partial charge < -0.3 is 38.6 Å². The van der Waals surface area contributed by atoms with Gasteiger partial charge in [-0.3, -0.25) is 19.8 Å². The summed E-state index contributed by atoms with van der Waals surface area (Å²) >= 11 is 6.31. The van der Waals surface area contributed by atoms with Crippen LogP contribution in [0.1, 0.15) is 68.3 Å². The first kappa shape index (κ1) is 52.7. The first-order valence-corrected chi connectivity index (χ1v) is 31.9. The van der Waals surface area contributed by atoms with Crippen molar-refractivity contribution in [1.29, 1.82) is 0 Å². The Balaban J connectivity index is 0.948. The van der Waals surface area contributed by atoms with E-state index in [9.17, 15) is 23.3 Å². The van der Waals surface area contributed by atoms with Gasteiger partial charge in [-0.05, 0) is 110 Å². The Kier molecular flexibility index (Phi) is 15.3. The zero-order chi connectivity index (χ0) is 52.6. The molecule has 6 heterocycles. The molecule has 0 spiro atoms. The van der Waals surface area contributed by atoms with Crippen LogP contribution >= 0.6 is 11.6 Å². The van der Waals surface area contributed by atoms with Crippen molar-refractivity contribution < 1.29 is 37.1 Å². The number of piperazine rings is 1. The summed E-state index contributed by atoms with van der Waals surface area (Å²) in [6.07, 6.45) is 7.24. The highest BCUT2D eigenvalue weighted by molar-refractivity contribution is 7.90. The van der Waals surface area contributed by atoms with E-state index < -0.39 is 39.5 Å². The molecular weight excluding hydrogens is 1010 g/mol. The van der Waals surface area contributed by atoms with Gasteiger partial charge in [-0.15, -0.1) is 0 Å². The highest BCUT2D eigenvalue weighted by atomic mass is 35.5. The molecule has 1 amide bonds. The lowest BCUT2D eigenvalue weighted by Crippen LogP contribution is -2.47. The third-order valence-electron chi connectivity index (χ3n) is 15.4. The number of nitro benzene ring substituents is 1. The molecule has 2 fully saturated rings. The van der Waals surface area contributed by atoms with E-state index >= 15 is 0 Å². The number of benzene rings is 3. The Morgan fingerprint density at radius 2 is 1.75 bits per heavy atom. The van der Waals surface area contributed by atoms with Crippen molar-refractivity contribution in [1.82, 2.24) is 19.2 Å². The molecule has 0 bridgehead atoms. The predicted molar refractivity (Wildman–Crippen MR) is 296 cm³/mol. The summed E-state index contributed by atoms with van der Waals surface area (Å²) in [5, 5.41) is 17.4. The van der Waals surface area contributed by atoms with E-state index in [0.29, 0.717) is 69.0 Å². The number of nitrogens with one attached hydrogen (secondary N) is 2. The van der Waals surface area contributed by atoms with Crippen LogP contribution in [-0.2, 0) is 26.2 Å². The Morgan fingerprint density at radius 1 is 0.973 bits per heavy atom. The quantitative estimate of drug-likeness (QED) is 0.0437. The molecule has 2 N–H and O–H groups in total. The summed E-state index contributed by atoms with van der Waals surface area (Å²) in [5.74, 6) is -0.324. The van der Waals surface area contributed by atoms with E-state index in [1.807, 2.05) is 52.1 Å². The number of rotatable bonds is 15. The van der Waals surface area contributed by atoms with Gasteiger partial charge in [0.1, 0.15) is 24.7 Å². The molecule has 75 heavy (non-hydrogen) atoms. The molecule has 4 aliphatic heterocycles. The normalized spacial score (nSPS) is 19.6. The average Bonchev–Trinajstić information content (AvgIpc) is 3.66. The molecule has 20 heteroatoms. The van der Waals surface area contributed by atoms with Crippen LogP contribution in [0, 0.1) is 21.4 Å². The summed E-state index contributed by atoms with van der Waals surface area (Å²) in [7, 11) is -5.98. The first-order valence-electron chi connectivity index (χ1n) is 26.3. The number of amides is 1. The maximum absolute atomic E-state index is 14.7. The number of ether oxygens (including phenoxy) is 4. The summed E-state index contributed by atoms with van der Waals surface area (Å²) in [6.45, 7) is 18.8. The monoisotopic (exact) mass is 1080 g/mol. The van der Waals surface area contributed by atoms with Gasteiger partial charge in [-0.25, -0.2) is 13.1 Å². The van der Waals surface area contributed by atoms with E-state index in [1.54, 1.807) is 6.07 Å². The van der Waals surface area contributed by atoms with Crippen molar-refractivity contribution in [2.45, 2.75) is 95.7 Å². The molecule has 17 nitrogen and oxygen atoms in total. The van der Waals surface area contributed by atoms with E-state index in [4.69, 9.17) is 35.5 Å². The van der Waals surface area contributed by atoms with Gasteiger partial charge >= 0.3 is 0 Å². The molecule has 0 unspecified atom stereocenters. The van der Waals surface area contributed by atoms with Crippen LogP contribution in [0.4, 0.5) is 28.4 Å². The van der Waals surface area contributed by atoms with Crippen LogP contribution in [0.5, 0.6) is 11.6 Å². The topological polar surface area (TPSA) is 183 Å². The van der Waals surface area contributed by atoms with E-state index in [1.165, 1.54) is 22.8 Å². The number of hydrogen-bond donors (Lipinski definition) is 2. The minimum Gasteiger partial charge on any atom is -0.489 e. The SMILES string of the molecule is CC1(C)CCC(CN2CCN(c3ccc(C(=O)NS(=O)(=O)c4cc5c(c([N+](=O)[O-])c4)N[C@@H](C4CCOCC4)CO5)c(N4CCCOc5nc6c(ccn6COCC[Si](C)(C)C)cc54)c3)CC2)=C(c2ccc(Cl)cc2)C1. The number of hydrogen-bond acceptors (Lipinski definition) is 14. The van der Waals surface area contributed by atoms with Gasteiger partial charge in [0.15, 0.2) is 11.4 Å². The number of anilines is 4. The van der Waals surface area contributed by atoms with E-state index in [0.717, 1.165) is 93.0 Å². The number of carbonyl (C=O) groups excluding carboxylic acids is 1. The lowest BCUT2D eigenvalue weighted by atomic mass is 9.72. The van der Waals surface area contributed by atoms with E-state index in [2.05, 4.69) is 65.5 Å². The highest BCUT2D eigenvalue weighted by Crippen LogP contribution is 2.45. The number of pyridine rings is 1. The molecule has 400 valence electrons. The maximum Gasteiger partial charge on any atom is 0.297 e. The van der Waals surface area contributed by atoms with Crippen molar-refractivity contribution in [2.75, 3.05) is 87.4 Å². The number of nitrogens with zero attached hydrogens (tertiary/aromatic N) is 6. The van der Waals surface area contributed by atoms with Gasteiger partial charge in [-0.1, -0.05) is 62.8 Å². The van der Waals surface area contributed by atoms with E-state index in [-0.39, 0.29) is 41.0 Å². The number of nitro groups is 1. The van der Waals surface area contributed by atoms with Crippen LogP contribution in [0.25, 0.3) is 16.6 Å². The van der Waals surface area contributed by atoms with Crippen LogP contribution in [0.3, 0.4) is 0 Å². The zero-order valence-corrected chi connectivity index (χ0v) is 46.2. The number of fused-ring (bicyclic) bond motifs is 3. The van der Waals surface area contributed by atoms with Crippen molar-refractivity contribution in [3.63, 3.8) is 0 Å². The number of aromatic nitrogens is 2. The van der Waals surface area contributed by atoms with Crippen LogP contribution in [0.15, 0.2) is 83.4 Å². The lowest BCUT2D eigenvalue weighted by Gasteiger charge is -2.39. The molecule has 1 atom stereocenters. The summed E-state index contributed by atoms with van der Waals surface area (Å²) in [4.78, 5) is 38.0. The maximum atomic E-state index is 14.7. The molecule has 2 aromatic heterocycles. The number of allylic oxidation sites excluding steroid dienone is 1. The smallest absolute Gasteiger partial charge is 0.297 e. The second-order valence-corrected chi connectivity index (χ2v) is 30.4. The molecule has 3 aromatic carbocycles. The first-order chi connectivity index (χ1) is 35.9. The third kappa shape index (κ3) is 12.0. The third-order valence-corrected chi connectivity index (χ3v) is 18.7. The minimum atomic E-state index is -4.69. The number of carbonyl (C=O) groups is 1. The summed E-state index contributed by atoms with van der Waals surface area (Å²) in [5.41, 5.74) is 6.74. The van der Waals surface area contributed by atoms with Gasteiger partial charge in [-0.2, -0.15) is 4.98 Å². The largest absolute Gasteiger partial charge is 0.489 e. The number of halogens is 1. The molecule has 2 saturated heterocycles. The highest BCUT2D eigenvalue weighted by Gasteiger charge is 2.36. The van der Waals surface area contributed by atoms with Crippen molar-refractivity contribution in [2.24, 2.45) is 11.3 Å².